The Morgan fingerprint density at radius 3 is 1.48 bits per heavy atom. The molecule has 2 aliphatic carbocycles. The zero-order chi connectivity index (χ0) is 41.6. The number of fused-ring (bicyclic) bond motifs is 3. The number of hydrogen-bond donors (Lipinski definition) is 0. The fraction of sp³-hybridized carbons (Fsp3) is 0.281. The molecule has 8 rings (SSSR count). The van der Waals surface area contributed by atoms with Crippen LogP contribution < -0.4 is 0 Å². The second-order valence-electron chi connectivity index (χ2n) is 18.4. The topological polar surface area (TPSA) is 0 Å². The molecule has 0 N–H and O–H groups in total. The molecule has 60 heavy (non-hydrogen) atoms. The summed E-state index contributed by atoms with van der Waals surface area (Å²) < 4.78 is 1.60. The average Bonchev–Trinajstić information content (AvgIpc) is 3.85. The Labute approximate surface area is 389 Å². The van der Waals surface area contributed by atoms with Gasteiger partial charge in [0.15, 0.2) is 0 Å². The molecule has 0 aliphatic heterocycles. The summed E-state index contributed by atoms with van der Waals surface area (Å²) in [5.41, 5.74) is 21.7. The van der Waals surface area contributed by atoms with E-state index >= 15 is 0 Å². The Morgan fingerprint density at radius 1 is 0.567 bits per heavy atom. The molecule has 3 heteroatoms. The molecule has 0 saturated carbocycles. The van der Waals surface area contributed by atoms with Gasteiger partial charge in [-0.15, -0.1) is 60.1 Å². The third-order valence-corrected chi connectivity index (χ3v) is 11.7. The summed E-state index contributed by atoms with van der Waals surface area (Å²) in [6.45, 7) is 22.8. The van der Waals surface area contributed by atoms with Gasteiger partial charge >= 0.3 is 112 Å². The minimum absolute atomic E-state index is 0. The fourth-order valence-electron chi connectivity index (χ4n) is 8.22. The first-order valence-electron chi connectivity index (χ1n) is 20.9. The molecule has 0 radical (unpaired) electrons. The molecule has 2 aliphatic rings. The van der Waals surface area contributed by atoms with E-state index in [-0.39, 0.29) is 35.6 Å². The first-order chi connectivity index (χ1) is 27.5. The Balaban J connectivity index is 0.000000285. The van der Waals surface area contributed by atoms with Crippen LogP contribution in [-0.2, 0) is 54.3 Å². The van der Waals surface area contributed by atoms with Crippen molar-refractivity contribution in [2.75, 3.05) is 0 Å². The zero-order valence-electron chi connectivity index (χ0n) is 37.3. The van der Waals surface area contributed by atoms with Crippen LogP contribution >= 0.6 is 24.8 Å². The number of halogens is 2. The van der Waals surface area contributed by atoms with Crippen molar-refractivity contribution in [2.45, 2.75) is 106 Å². The van der Waals surface area contributed by atoms with Gasteiger partial charge in [-0.1, -0.05) is 129 Å². The van der Waals surface area contributed by atoms with E-state index in [4.69, 9.17) is 0 Å². The second-order valence-corrected chi connectivity index (χ2v) is 20.1. The van der Waals surface area contributed by atoms with E-state index in [1.54, 1.807) is 27.4 Å². The van der Waals surface area contributed by atoms with Gasteiger partial charge in [0.05, 0.1) is 0 Å². The van der Waals surface area contributed by atoms with Crippen LogP contribution in [0.2, 0.25) is 0 Å². The van der Waals surface area contributed by atoms with Crippen LogP contribution in [0.15, 0.2) is 133 Å². The molecule has 0 aromatic heterocycles. The van der Waals surface area contributed by atoms with Gasteiger partial charge in [-0.3, -0.25) is 6.08 Å². The van der Waals surface area contributed by atoms with Gasteiger partial charge in [-0.25, -0.2) is 12.2 Å². The van der Waals surface area contributed by atoms with Gasteiger partial charge in [0.1, 0.15) is 0 Å². The monoisotopic (exact) mass is 906 g/mol. The van der Waals surface area contributed by atoms with Crippen molar-refractivity contribution in [1.29, 1.82) is 0 Å². The summed E-state index contributed by atoms with van der Waals surface area (Å²) in [5.74, 6) is 0. The Morgan fingerprint density at radius 2 is 1.05 bits per heavy atom. The van der Waals surface area contributed by atoms with E-state index in [9.17, 15) is 0 Å². The Bertz CT molecular complexity index is 2240. The van der Waals surface area contributed by atoms with Crippen LogP contribution in [0.5, 0.6) is 0 Å². The first-order valence-corrected chi connectivity index (χ1v) is 22.1. The average molecular weight is 909 g/mol. The van der Waals surface area contributed by atoms with Crippen molar-refractivity contribution in [3.05, 3.63) is 201 Å². The predicted molar refractivity (Wildman–Crippen MR) is 262 cm³/mol. The van der Waals surface area contributed by atoms with E-state index in [0.717, 1.165) is 25.7 Å². The molecule has 0 unspecified atom stereocenters. The number of rotatable bonds is 6. The normalized spacial score (nSPS) is 12.2. The molecule has 0 heterocycles. The summed E-state index contributed by atoms with van der Waals surface area (Å²) in [6, 6.07) is 46.6. The SMILES string of the molecule is Cc1cc(C)cc(-c2[c-]c3c(cc2C(C)(C)C)-c2cc(C(C)(C)C)c(-c4cc(C)cc(C)c4)cc2C3)c1.Cl.Cl.[C-]1=CC=CC1.[Zr+2]=[C](Cc1ccccc1)Cc1ccccc1. The minimum atomic E-state index is 0. The maximum absolute atomic E-state index is 3.95. The molecule has 6 aromatic carbocycles. The van der Waals surface area contributed by atoms with E-state index < -0.39 is 0 Å². The van der Waals surface area contributed by atoms with Gasteiger partial charge in [0.25, 0.3) is 0 Å². The molecule has 0 spiro atoms. The van der Waals surface area contributed by atoms with Crippen LogP contribution in [0, 0.1) is 39.8 Å². The van der Waals surface area contributed by atoms with Gasteiger partial charge in [0.2, 0.25) is 0 Å². The van der Waals surface area contributed by atoms with Crippen LogP contribution in [0.4, 0.5) is 0 Å². The molecular weight excluding hydrogens is 847 g/mol. The number of benzene rings is 6. The second kappa shape index (κ2) is 21.3. The third-order valence-electron chi connectivity index (χ3n) is 10.8. The molecule has 0 fully saturated rings. The Hall–Kier alpha value is -3.87. The summed E-state index contributed by atoms with van der Waals surface area (Å²) in [6.07, 6.45) is 13.2. The zero-order valence-corrected chi connectivity index (χ0v) is 41.4. The van der Waals surface area contributed by atoms with Crippen molar-refractivity contribution < 1.29 is 24.2 Å². The summed E-state index contributed by atoms with van der Waals surface area (Å²) in [7, 11) is 0. The van der Waals surface area contributed by atoms with Crippen molar-refractivity contribution >= 4 is 28.0 Å². The standard InChI is InChI=1S/C37H41.C15H14.C5H5.2ClH.Zr/c1-22-11-23(2)14-26(13-22)32-18-28-17-29-19-33(27-15-24(3)12-25(4)16-27)35(37(8,9)10)21-31(29)30(28)20-34(32)36(5,6)7;1-3-8-14(9-4-1)12-7-13-15-10-5-2-6-11-15;1-2-4-5-3-1;;;/h11-16,18,20-21H,17H2,1-10H3;1-6,8-11H,12-13H2;1-3H,4H2;2*1H;/q-1;;-1;;;+2. The summed E-state index contributed by atoms with van der Waals surface area (Å²) in [4.78, 5) is 0. The Kier molecular flexibility index (Phi) is 17.3. The van der Waals surface area contributed by atoms with E-state index in [0.29, 0.717) is 0 Å². The number of hydrogen-bond acceptors (Lipinski definition) is 0. The number of aryl methyl sites for hydroxylation is 4. The molecule has 6 aromatic rings. The molecular formula is C57H62Cl2Zr. The van der Waals surface area contributed by atoms with Crippen LogP contribution in [0.1, 0.15) is 104 Å². The van der Waals surface area contributed by atoms with Gasteiger partial charge in [0, 0.05) is 0 Å². The molecule has 0 atom stereocenters. The molecule has 308 valence electrons. The quantitative estimate of drug-likeness (QED) is 0.146. The van der Waals surface area contributed by atoms with E-state index in [2.05, 4.69) is 203 Å². The molecule has 0 nitrogen and oxygen atoms in total. The molecule has 0 saturated heterocycles. The van der Waals surface area contributed by atoms with Crippen molar-refractivity contribution in [3.8, 4) is 33.4 Å². The van der Waals surface area contributed by atoms with E-state index in [1.165, 1.54) is 89.0 Å². The van der Waals surface area contributed by atoms with Crippen LogP contribution in [-0.4, -0.2) is 3.21 Å². The summed E-state index contributed by atoms with van der Waals surface area (Å²) in [5, 5.41) is 0. The first kappa shape index (κ1) is 48.8. The summed E-state index contributed by atoms with van der Waals surface area (Å²) >= 11 is 1.55. The van der Waals surface area contributed by atoms with Crippen LogP contribution in [0.25, 0.3) is 33.4 Å². The van der Waals surface area contributed by atoms with Crippen molar-refractivity contribution in [1.82, 2.24) is 0 Å². The molecule has 0 amide bonds. The molecule has 0 bridgehead atoms. The maximum atomic E-state index is 3.95. The fourth-order valence-corrected chi connectivity index (χ4v) is 9.22. The van der Waals surface area contributed by atoms with Gasteiger partial charge < -0.3 is 0 Å². The van der Waals surface area contributed by atoms with Gasteiger partial charge in [-0.2, -0.15) is 6.08 Å². The third kappa shape index (κ3) is 12.8. The van der Waals surface area contributed by atoms with Crippen molar-refractivity contribution in [3.63, 3.8) is 0 Å². The van der Waals surface area contributed by atoms with E-state index in [1.807, 2.05) is 12.2 Å². The van der Waals surface area contributed by atoms with Crippen molar-refractivity contribution in [2.24, 2.45) is 0 Å². The van der Waals surface area contributed by atoms with Gasteiger partial charge in [-0.05, 0) is 67.2 Å². The number of allylic oxidation sites excluding steroid dienone is 4. The van der Waals surface area contributed by atoms with Crippen LogP contribution in [0.3, 0.4) is 0 Å². The predicted octanol–water partition coefficient (Wildman–Crippen LogP) is 15.6.